The Kier molecular flexibility index (Phi) is 3.84. The van der Waals surface area contributed by atoms with Crippen molar-refractivity contribution in [1.82, 2.24) is 9.78 Å². The number of esters is 1. The van der Waals surface area contributed by atoms with E-state index >= 15 is 0 Å². The molecule has 0 aliphatic heterocycles. The number of ether oxygens (including phenoxy) is 1. The van der Waals surface area contributed by atoms with Crippen LogP contribution in [-0.4, -0.2) is 29.4 Å². The van der Waals surface area contributed by atoms with Gasteiger partial charge in [-0.3, -0.25) is 9.59 Å². The highest BCUT2D eigenvalue weighted by Gasteiger charge is 2.07. The third-order valence-electron chi connectivity index (χ3n) is 1.73. The molecule has 0 bridgehead atoms. The van der Waals surface area contributed by atoms with Crippen molar-refractivity contribution in [3.05, 3.63) is 21.0 Å². The Bertz CT molecular complexity index is 430. The summed E-state index contributed by atoms with van der Waals surface area (Å²) < 4.78 is 5.97. The number of aryl methyl sites for hydroxylation is 1. The number of hydrogen-bond donors (Lipinski definition) is 1. The summed E-state index contributed by atoms with van der Waals surface area (Å²) in [6.07, 6.45) is 1.45. The highest BCUT2D eigenvalue weighted by atomic mass is 79.9. The van der Waals surface area contributed by atoms with Crippen molar-refractivity contribution in [3.8, 4) is 0 Å². The molecule has 82 valence electrons. The summed E-state index contributed by atoms with van der Waals surface area (Å²) in [5, 5.41) is 6.54. The second-order valence-electron chi connectivity index (χ2n) is 2.73. The van der Waals surface area contributed by atoms with Crippen LogP contribution in [0.4, 0.5) is 5.69 Å². The summed E-state index contributed by atoms with van der Waals surface area (Å²) in [5.74, 6) is -0.414. The van der Waals surface area contributed by atoms with Gasteiger partial charge in [0.15, 0.2) is 0 Å². The van der Waals surface area contributed by atoms with Gasteiger partial charge in [-0.2, -0.15) is 5.10 Å². The zero-order valence-corrected chi connectivity index (χ0v) is 9.87. The summed E-state index contributed by atoms with van der Waals surface area (Å²) in [5.41, 5.74) is 0.188. The van der Waals surface area contributed by atoms with E-state index in [4.69, 9.17) is 0 Å². The summed E-state index contributed by atoms with van der Waals surface area (Å²) in [4.78, 5) is 22.2. The van der Waals surface area contributed by atoms with E-state index in [9.17, 15) is 9.59 Å². The average Bonchev–Trinajstić information content (AvgIpc) is 2.24. The lowest BCUT2D eigenvalue weighted by Gasteiger charge is -2.06. The van der Waals surface area contributed by atoms with E-state index < -0.39 is 5.97 Å². The van der Waals surface area contributed by atoms with Gasteiger partial charge < -0.3 is 10.1 Å². The standard InChI is InChI=1S/C8H10BrN3O3/c1-12-8(14)7(9)5(3-11-12)10-4-6(13)15-2/h3,10H,4H2,1-2H3. The Hall–Kier alpha value is -1.37. The van der Waals surface area contributed by atoms with Gasteiger partial charge in [0, 0.05) is 7.05 Å². The second-order valence-corrected chi connectivity index (χ2v) is 3.52. The van der Waals surface area contributed by atoms with Gasteiger partial charge in [-0.25, -0.2) is 4.68 Å². The Morgan fingerprint density at radius 2 is 2.40 bits per heavy atom. The molecule has 0 amide bonds. The van der Waals surface area contributed by atoms with Gasteiger partial charge in [0.1, 0.15) is 11.0 Å². The third-order valence-corrected chi connectivity index (χ3v) is 2.50. The number of rotatable bonds is 3. The molecule has 1 N–H and O–H groups in total. The molecule has 15 heavy (non-hydrogen) atoms. The maximum atomic E-state index is 11.4. The van der Waals surface area contributed by atoms with E-state index in [2.05, 4.69) is 31.1 Å². The first-order valence-electron chi connectivity index (χ1n) is 4.08. The molecule has 0 fully saturated rings. The SMILES string of the molecule is COC(=O)CNc1cnn(C)c(=O)c1Br. The van der Waals surface area contributed by atoms with Crippen LogP contribution < -0.4 is 10.9 Å². The van der Waals surface area contributed by atoms with Crippen LogP contribution in [0, 0.1) is 0 Å². The molecule has 0 saturated heterocycles. The molecule has 0 radical (unpaired) electrons. The molecule has 0 aliphatic carbocycles. The number of hydrogen-bond acceptors (Lipinski definition) is 5. The minimum Gasteiger partial charge on any atom is -0.468 e. The lowest BCUT2D eigenvalue weighted by molar-refractivity contribution is -0.138. The summed E-state index contributed by atoms with van der Waals surface area (Å²) in [6, 6.07) is 0. The van der Waals surface area contributed by atoms with Crippen molar-refractivity contribution in [1.29, 1.82) is 0 Å². The first-order chi connectivity index (χ1) is 7.06. The lowest BCUT2D eigenvalue weighted by atomic mass is 10.4. The Balaban J connectivity index is 2.83. The molecule has 0 unspecified atom stereocenters. The average molecular weight is 276 g/mol. The number of carbonyl (C=O) groups is 1. The Labute approximate surface area is 94.4 Å². The van der Waals surface area contributed by atoms with E-state index in [1.54, 1.807) is 0 Å². The topological polar surface area (TPSA) is 73.2 Å². The van der Waals surface area contributed by atoms with Crippen molar-refractivity contribution >= 4 is 27.6 Å². The van der Waals surface area contributed by atoms with Crippen molar-refractivity contribution in [2.45, 2.75) is 0 Å². The maximum Gasteiger partial charge on any atom is 0.325 e. The zero-order chi connectivity index (χ0) is 11.4. The number of nitrogens with zero attached hydrogens (tertiary/aromatic N) is 2. The van der Waals surface area contributed by atoms with Crippen molar-refractivity contribution < 1.29 is 9.53 Å². The number of anilines is 1. The molecule has 1 aromatic heterocycles. The van der Waals surface area contributed by atoms with Gasteiger partial charge in [0.25, 0.3) is 5.56 Å². The number of methoxy groups -OCH3 is 1. The van der Waals surface area contributed by atoms with Crippen LogP contribution in [0.15, 0.2) is 15.5 Å². The van der Waals surface area contributed by atoms with Gasteiger partial charge in [-0.15, -0.1) is 0 Å². The fraction of sp³-hybridized carbons (Fsp3) is 0.375. The van der Waals surface area contributed by atoms with Crippen molar-refractivity contribution in [2.24, 2.45) is 7.05 Å². The highest BCUT2D eigenvalue weighted by Crippen LogP contribution is 2.15. The molecule has 1 aromatic rings. The molecule has 0 aromatic carbocycles. The lowest BCUT2D eigenvalue weighted by Crippen LogP contribution is -2.23. The number of aromatic nitrogens is 2. The van der Waals surface area contributed by atoms with Gasteiger partial charge in [-0.1, -0.05) is 0 Å². The number of nitrogens with one attached hydrogen (secondary N) is 1. The zero-order valence-electron chi connectivity index (χ0n) is 8.28. The van der Waals surface area contributed by atoms with Crippen molar-refractivity contribution in [2.75, 3.05) is 19.0 Å². The van der Waals surface area contributed by atoms with E-state index in [-0.39, 0.29) is 12.1 Å². The van der Waals surface area contributed by atoms with E-state index in [0.29, 0.717) is 10.2 Å². The molecular weight excluding hydrogens is 266 g/mol. The van der Waals surface area contributed by atoms with E-state index in [1.165, 1.54) is 25.0 Å². The predicted octanol–water partition coefficient (Wildman–Crippen LogP) is 0.128. The van der Waals surface area contributed by atoms with Gasteiger partial charge in [-0.05, 0) is 15.9 Å². The third kappa shape index (κ3) is 2.79. The molecule has 6 nitrogen and oxygen atoms in total. The molecule has 1 heterocycles. The summed E-state index contributed by atoms with van der Waals surface area (Å²) in [7, 11) is 2.83. The minimum atomic E-state index is -0.414. The van der Waals surface area contributed by atoms with Crippen LogP contribution >= 0.6 is 15.9 Å². The van der Waals surface area contributed by atoms with Gasteiger partial charge >= 0.3 is 5.97 Å². The summed E-state index contributed by atoms with van der Waals surface area (Å²) in [6.45, 7) is -0.00997. The molecule has 0 atom stereocenters. The minimum absolute atomic E-state index is 0.00997. The van der Waals surface area contributed by atoms with Crippen LogP contribution in [0.25, 0.3) is 0 Å². The number of halogens is 1. The van der Waals surface area contributed by atoms with Crippen LogP contribution in [-0.2, 0) is 16.6 Å². The predicted molar refractivity (Wildman–Crippen MR) is 57.7 cm³/mol. The fourth-order valence-electron chi connectivity index (χ4n) is 0.874. The largest absolute Gasteiger partial charge is 0.468 e. The van der Waals surface area contributed by atoms with E-state index in [1.807, 2.05) is 0 Å². The van der Waals surface area contributed by atoms with Crippen LogP contribution in [0.5, 0.6) is 0 Å². The Morgan fingerprint density at radius 1 is 1.73 bits per heavy atom. The van der Waals surface area contributed by atoms with Crippen LogP contribution in [0.3, 0.4) is 0 Å². The fourth-order valence-corrected chi connectivity index (χ4v) is 1.37. The Morgan fingerprint density at radius 3 is 3.00 bits per heavy atom. The van der Waals surface area contributed by atoms with Gasteiger partial charge in [0.2, 0.25) is 0 Å². The quantitative estimate of drug-likeness (QED) is 0.794. The normalized spacial score (nSPS) is 9.80. The molecule has 1 rings (SSSR count). The second kappa shape index (κ2) is 4.92. The number of carbonyl (C=O) groups excluding carboxylic acids is 1. The monoisotopic (exact) mass is 275 g/mol. The smallest absolute Gasteiger partial charge is 0.325 e. The molecule has 0 aliphatic rings. The maximum absolute atomic E-state index is 11.4. The van der Waals surface area contributed by atoms with Crippen molar-refractivity contribution in [3.63, 3.8) is 0 Å². The highest BCUT2D eigenvalue weighted by molar-refractivity contribution is 9.10. The van der Waals surface area contributed by atoms with Crippen LogP contribution in [0.1, 0.15) is 0 Å². The molecule has 0 spiro atoms. The first-order valence-corrected chi connectivity index (χ1v) is 4.88. The molecular formula is C8H10BrN3O3. The van der Waals surface area contributed by atoms with E-state index in [0.717, 1.165) is 0 Å². The van der Waals surface area contributed by atoms with Crippen LogP contribution in [0.2, 0.25) is 0 Å². The first kappa shape index (κ1) is 11.7. The molecule has 0 saturated carbocycles. The van der Waals surface area contributed by atoms with Gasteiger partial charge in [0.05, 0.1) is 19.0 Å². The molecule has 7 heteroatoms. The summed E-state index contributed by atoms with van der Waals surface area (Å²) >= 11 is 3.12.